The van der Waals surface area contributed by atoms with Gasteiger partial charge in [0.1, 0.15) is 0 Å². The number of benzene rings is 3. The molecule has 4 rings (SSSR count). The van der Waals surface area contributed by atoms with Crippen LogP contribution >= 0.6 is 0 Å². The van der Waals surface area contributed by atoms with E-state index in [1.807, 2.05) is 0 Å². The molecule has 7 N–H and O–H groups in total. The summed E-state index contributed by atoms with van der Waals surface area (Å²) < 4.78 is 11.4. The number of guanidine groups is 1. The summed E-state index contributed by atoms with van der Waals surface area (Å²) in [4.78, 5) is 49.8. The molecular weight excluding hydrogens is 520 g/mol. The minimum atomic E-state index is -1.69. The van der Waals surface area contributed by atoms with Gasteiger partial charge in [-0.2, -0.15) is 0 Å². The number of hydrogen-bond donors (Lipinski definition) is 6. The van der Waals surface area contributed by atoms with E-state index in [1.165, 1.54) is 36.4 Å². The Kier molecular flexibility index (Phi) is 8.40. The molecule has 0 saturated heterocycles. The van der Waals surface area contributed by atoms with E-state index in [0.29, 0.717) is 29.7 Å². The van der Waals surface area contributed by atoms with Crippen molar-refractivity contribution in [2.45, 2.75) is 25.4 Å². The van der Waals surface area contributed by atoms with Crippen molar-refractivity contribution in [3.8, 4) is 11.5 Å². The zero-order valence-corrected chi connectivity index (χ0v) is 21.1. The molecule has 0 spiro atoms. The molecular formula is C28H26N4O8. The first-order valence-corrected chi connectivity index (χ1v) is 12.2. The maximum atomic E-state index is 13.4. The average Bonchev–Trinajstić information content (AvgIpc) is 2.91. The predicted molar refractivity (Wildman–Crippen MR) is 143 cm³/mol. The first-order chi connectivity index (χ1) is 19.1. The summed E-state index contributed by atoms with van der Waals surface area (Å²) in [6, 6.07) is 13.3. The van der Waals surface area contributed by atoms with E-state index in [-0.39, 0.29) is 47.3 Å². The second kappa shape index (κ2) is 12.1. The Hall–Kier alpha value is -5.23. The summed E-state index contributed by atoms with van der Waals surface area (Å²) in [5.74, 6) is -4.46. The molecule has 3 aromatic rings. The number of aromatic carboxylic acids is 1. The first-order valence-electron chi connectivity index (χ1n) is 12.2. The largest absolute Gasteiger partial charge is 0.489 e. The number of rotatable bonds is 8. The number of carbonyl (C=O) groups excluding carboxylic acids is 2. The van der Waals surface area contributed by atoms with E-state index < -0.39 is 29.7 Å². The van der Waals surface area contributed by atoms with Crippen molar-refractivity contribution in [2.75, 3.05) is 11.9 Å². The summed E-state index contributed by atoms with van der Waals surface area (Å²) in [5.41, 5.74) is 7.27. The Bertz CT molecular complexity index is 1500. The highest BCUT2D eigenvalue weighted by molar-refractivity contribution is 6.13. The van der Waals surface area contributed by atoms with E-state index >= 15 is 0 Å². The number of fused-ring (bicyclic) bond motifs is 2. The highest BCUT2D eigenvalue weighted by Gasteiger charge is 2.31. The molecule has 0 bridgehead atoms. The molecule has 3 aromatic carbocycles. The molecule has 12 nitrogen and oxygen atoms in total. The number of esters is 1. The second-order valence-electron chi connectivity index (χ2n) is 8.91. The summed E-state index contributed by atoms with van der Waals surface area (Å²) in [7, 11) is 0. The van der Waals surface area contributed by atoms with E-state index in [2.05, 4.69) is 10.6 Å². The summed E-state index contributed by atoms with van der Waals surface area (Å²) >= 11 is 0. The second-order valence-corrected chi connectivity index (χ2v) is 8.91. The molecule has 1 aliphatic heterocycles. The topological polar surface area (TPSA) is 201 Å². The van der Waals surface area contributed by atoms with E-state index in [4.69, 9.17) is 20.6 Å². The van der Waals surface area contributed by atoms with Crippen molar-refractivity contribution < 1.29 is 38.9 Å². The Labute approximate surface area is 228 Å². The maximum absolute atomic E-state index is 13.4. The molecule has 0 fully saturated rings. The maximum Gasteiger partial charge on any atom is 0.343 e. The van der Waals surface area contributed by atoms with Crippen molar-refractivity contribution >= 4 is 35.3 Å². The van der Waals surface area contributed by atoms with E-state index in [9.17, 15) is 29.4 Å². The van der Waals surface area contributed by atoms with Crippen LogP contribution in [-0.4, -0.2) is 52.5 Å². The van der Waals surface area contributed by atoms with Crippen molar-refractivity contribution in [2.24, 2.45) is 5.73 Å². The lowest BCUT2D eigenvalue weighted by molar-refractivity contribution is -0.138. The number of ether oxygens (including phenoxy) is 2. The van der Waals surface area contributed by atoms with Crippen molar-refractivity contribution in [1.82, 2.24) is 5.32 Å². The molecule has 0 aliphatic carbocycles. The molecule has 0 amide bonds. The summed E-state index contributed by atoms with van der Waals surface area (Å²) in [5, 5.41) is 31.7. The number of ketones is 1. The van der Waals surface area contributed by atoms with Crippen LogP contribution in [0.4, 0.5) is 5.69 Å². The van der Waals surface area contributed by atoms with Gasteiger partial charge in [-0.3, -0.25) is 20.3 Å². The molecule has 0 radical (unpaired) electrons. The number of nitrogens with two attached hydrogens (primary N) is 1. The van der Waals surface area contributed by atoms with E-state index in [1.54, 1.807) is 24.3 Å². The fourth-order valence-corrected chi connectivity index (χ4v) is 4.25. The quantitative estimate of drug-likeness (QED) is 0.0606. The van der Waals surface area contributed by atoms with Crippen molar-refractivity contribution in [3.63, 3.8) is 0 Å². The molecule has 1 heterocycles. The Balaban J connectivity index is 1.60. The summed E-state index contributed by atoms with van der Waals surface area (Å²) in [6.07, 6.45) is 0.865. The van der Waals surface area contributed by atoms with Crippen LogP contribution in [0.15, 0.2) is 60.7 Å². The van der Waals surface area contributed by atoms with Gasteiger partial charge in [0.25, 0.3) is 0 Å². The number of anilines is 1. The van der Waals surface area contributed by atoms with Crippen LogP contribution in [0, 0.1) is 5.41 Å². The Morgan fingerprint density at radius 1 is 1.05 bits per heavy atom. The van der Waals surface area contributed by atoms with Gasteiger partial charge in [0.15, 0.2) is 29.3 Å². The van der Waals surface area contributed by atoms with Gasteiger partial charge >= 0.3 is 17.9 Å². The van der Waals surface area contributed by atoms with Gasteiger partial charge in [-0.05, 0) is 66.4 Å². The van der Waals surface area contributed by atoms with Crippen LogP contribution in [0.5, 0.6) is 11.5 Å². The van der Waals surface area contributed by atoms with Gasteiger partial charge in [-0.25, -0.2) is 9.59 Å². The van der Waals surface area contributed by atoms with Crippen LogP contribution < -0.4 is 25.8 Å². The molecule has 40 heavy (non-hydrogen) atoms. The fraction of sp³-hybridized carbons (Fsp3) is 0.179. The van der Waals surface area contributed by atoms with Crippen molar-refractivity contribution in [3.05, 3.63) is 88.5 Å². The molecule has 1 atom stereocenters. The average molecular weight is 547 g/mol. The smallest absolute Gasteiger partial charge is 0.343 e. The third-order valence-electron chi connectivity index (χ3n) is 6.08. The lowest BCUT2D eigenvalue weighted by atomic mass is 10.0. The van der Waals surface area contributed by atoms with Gasteiger partial charge < -0.3 is 30.7 Å². The van der Waals surface area contributed by atoms with Crippen LogP contribution in [-0.2, 0) is 17.8 Å². The van der Waals surface area contributed by atoms with Crippen LogP contribution in [0.25, 0.3) is 0 Å². The minimum absolute atomic E-state index is 0.0251. The zero-order chi connectivity index (χ0) is 28.8. The third kappa shape index (κ3) is 6.42. The first kappa shape index (κ1) is 27.8. The number of carboxylic acids is 2. The standard InChI is InChI=1S/C28H26N4O8/c29-28(30)32-18-9-10-19-16(13-18)6-3-11-39-24-20(7-2-8-21(24)40-27(19)38)23(33)22(26(36)37)31-14-15-4-1-5-17(12-15)25(34)35/h1-2,4-5,7-10,12-13,22,31H,3,6,11,14H2,(H,34,35)(H,36,37)(H4,29,30,32). The molecule has 12 heteroatoms. The monoisotopic (exact) mass is 546 g/mol. The zero-order valence-electron chi connectivity index (χ0n) is 21.1. The highest BCUT2D eigenvalue weighted by atomic mass is 16.6. The lowest BCUT2D eigenvalue weighted by Gasteiger charge is -2.20. The molecule has 0 saturated carbocycles. The number of carboxylic acid groups (broad SMARTS) is 2. The SMILES string of the molecule is N=C(N)Nc1ccc2c(c1)CCCOc1c(cccc1C(=O)C(NCc1cccc(C(=O)O)c1)C(=O)O)OC2=O. The third-order valence-corrected chi connectivity index (χ3v) is 6.08. The normalized spacial score (nSPS) is 13.4. The number of hydrogen-bond acceptors (Lipinski definition) is 8. The van der Waals surface area contributed by atoms with Crippen LogP contribution in [0.1, 0.15) is 48.6 Å². The lowest BCUT2D eigenvalue weighted by Crippen LogP contribution is -2.43. The van der Waals surface area contributed by atoms with Gasteiger partial charge in [0.05, 0.1) is 23.3 Å². The number of Topliss-reactive ketones (excluding diaryl/α,β-unsaturated/α-hetero) is 1. The van der Waals surface area contributed by atoms with Gasteiger partial charge in [0, 0.05) is 12.2 Å². The molecule has 1 unspecified atom stereocenters. The Morgan fingerprint density at radius 3 is 2.55 bits per heavy atom. The van der Waals surface area contributed by atoms with E-state index in [0.717, 1.165) is 0 Å². The number of aliphatic carboxylic acids is 1. The predicted octanol–water partition coefficient (Wildman–Crippen LogP) is 2.66. The number of nitrogens with one attached hydrogen (secondary N) is 3. The fourth-order valence-electron chi connectivity index (χ4n) is 4.25. The molecule has 0 aromatic heterocycles. The molecule has 206 valence electrons. The Morgan fingerprint density at radius 2 is 1.82 bits per heavy atom. The number of para-hydroxylation sites is 1. The number of aryl methyl sites for hydroxylation is 1. The summed E-state index contributed by atoms with van der Waals surface area (Å²) in [6.45, 7) is 0.0394. The van der Waals surface area contributed by atoms with Crippen LogP contribution in [0.3, 0.4) is 0 Å². The van der Waals surface area contributed by atoms with Gasteiger partial charge in [-0.15, -0.1) is 0 Å². The van der Waals surface area contributed by atoms with Crippen LogP contribution in [0.2, 0.25) is 0 Å². The van der Waals surface area contributed by atoms with Gasteiger partial charge in [0.2, 0.25) is 0 Å². The number of carbonyl (C=O) groups is 4. The van der Waals surface area contributed by atoms with Gasteiger partial charge in [-0.1, -0.05) is 18.2 Å². The minimum Gasteiger partial charge on any atom is -0.489 e. The highest BCUT2D eigenvalue weighted by Crippen LogP contribution is 2.34. The van der Waals surface area contributed by atoms with Crippen molar-refractivity contribution in [1.29, 1.82) is 5.41 Å². The molecule has 1 aliphatic rings.